The molecule has 0 saturated heterocycles. The summed E-state index contributed by atoms with van der Waals surface area (Å²) < 4.78 is 0. The van der Waals surface area contributed by atoms with Crippen LogP contribution in [0.4, 0.5) is 0 Å². The number of rotatable bonds is 2. The molecule has 0 unspecified atom stereocenters. The third-order valence-electron chi connectivity index (χ3n) is 2.20. The molecule has 0 spiro atoms. The molecule has 2 nitrogen and oxygen atoms in total. The number of carbonyl (C=O) groups is 2. The summed E-state index contributed by atoms with van der Waals surface area (Å²) in [5, 5.41) is 0. The summed E-state index contributed by atoms with van der Waals surface area (Å²) in [7, 11) is 0. The third kappa shape index (κ3) is 2.83. The molecule has 1 fully saturated rings. The molecule has 11 heavy (non-hydrogen) atoms. The molecule has 1 rings (SSSR count). The Kier molecular flexibility index (Phi) is 4.75. The minimum absolute atomic E-state index is 0. The average Bonchev–Trinajstić information content (AvgIpc) is 2.05. The van der Waals surface area contributed by atoms with Gasteiger partial charge in [-0.3, -0.25) is 0 Å². The first-order valence-electron chi connectivity index (χ1n) is 3.77. The van der Waals surface area contributed by atoms with E-state index < -0.39 is 0 Å². The SMILES string of the molecule is C.O=CC1CCC(C=O)CC1. The van der Waals surface area contributed by atoms with E-state index in [1.165, 1.54) is 0 Å². The minimum atomic E-state index is 0. The van der Waals surface area contributed by atoms with Gasteiger partial charge in [-0.2, -0.15) is 0 Å². The maximum Gasteiger partial charge on any atom is 0.123 e. The van der Waals surface area contributed by atoms with Crippen LogP contribution in [0.2, 0.25) is 0 Å². The van der Waals surface area contributed by atoms with Crippen LogP contribution < -0.4 is 0 Å². The summed E-state index contributed by atoms with van der Waals surface area (Å²) in [6.45, 7) is 0. The molecular formula is C9H16O2. The molecule has 0 N–H and O–H groups in total. The lowest BCUT2D eigenvalue weighted by Crippen LogP contribution is -2.15. The maximum absolute atomic E-state index is 10.3. The van der Waals surface area contributed by atoms with E-state index in [0.29, 0.717) is 0 Å². The van der Waals surface area contributed by atoms with Crippen LogP contribution in [0.5, 0.6) is 0 Å². The molecule has 1 saturated carbocycles. The monoisotopic (exact) mass is 156 g/mol. The molecule has 0 aromatic heterocycles. The van der Waals surface area contributed by atoms with Crippen molar-refractivity contribution in [2.24, 2.45) is 11.8 Å². The zero-order chi connectivity index (χ0) is 7.40. The predicted molar refractivity (Wildman–Crippen MR) is 44.3 cm³/mol. The number of aldehydes is 2. The molecule has 0 radical (unpaired) electrons. The molecule has 0 aromatic carbocycles. The minimum Gasteiger partial charge on any atom is -0.303 e. The zero-order valence-corrected chi connectivity index (χ0v) is 5.95. The van der Waals surface area contributed by atoms with Crippen molar-refractivity contribution in [2.75, 3.05) is 0 Å². The Morgan fingerprint density at radius 3 is 1.27 bits per heavy atom. The van der Waals surface area contributed by atoms with Crippen LogP contribution in [0, 0.1) is 11.8 Å². The van der Waals surface area contributed by atoms with Gasteiger partial charge in [0.15, 0.2) is 0 Å². The van der Waals surface area contributed by atoms with Crippen LogP contribution in [-0.2, 0) is 9.59 Å². The lowest BCUT2D eigenvalue weighted by molar-refractivity contribution is -0.115. The largest absolute Gasteiger partial charge is 0.303 e. The van der Waals surface area contributed by atoms with Crippen LogP contribution in [0.25, 0.3) is 0 Å². The van der Waals surface area contributed by atoms with E-state index in [4.69, 9.17) is 0 Å². The molecule has 1 aliphatic rings. The van der Waals surface area contributed by atoms with Gasteiger partial charge in [0.25, 0.3) is 0 Å². The predicted octanol–water partition coefficient (Wildman–Crippen LogP) is 1.83. The van der Waals surface area contributed by atoms with Crippen LogP contribution in [0.3, 0.4) is 0 Å². The molecule has 0 bridgehead atoms. The Morgan fingerprint density at radius 1 is 0.818 bits per heavy atom. The summed E-state index contributed by atoms with van der Waals surface area (Å²) in [6.07, 6.45) is 5.67. The summed E-state index contributed by atoms with van der Waals surface area (Å²) >= 11 is 0. The van der Waals surface area contributed by atoms with E-state index in [1.54, 1.807) is 0 Å². The van der Waals surface area contributed by atoms with Crippen molar-refractivity contribution < 1.29 is 9.59 Å². The van der Waals surface area contributed by atoms with E-state index in [1.807, 2.05) is 0 Å². The standard InChI is InChI=1S/C8H12O2.CH4/c9-5-7-1-2-8(6-10)4-3-7;/h5-8H,1-4H2;1H4. The summed E-state index contributed by atoms with van der Waals surface area (Å²) in [5.41, 5.74) is 0. The molecule has 0 atom stereocenters. The Balaban J connectivity index is 0.000001000. The van der Waals surface area contributed by atoms with Crippen LogP contribution in [-0.4, -0.2) is 12.6 Å². The normalized spacial score (nSPS) is 30.2. The third-order valence-corrected chi connectivity index (χ3v) is 2.20. The molecule has 0 amide bonds. The maximum atomic E-state index is 10.3. The molecular weight excluding hydrogens is 140 g/mol. The van der Waals surface area contributed by atoms with Gasteiger partial charge in [-0.15, -0.1) is 0 Å². The highest BCUT2D eigenvalue weighted by atomic mass is 16.1. The molecule has 0 aromatic rings. The fourth-order valence-corrected chi connectivity index (χ4v) is 1.42. The van der Waals surface area contributed by atoms with Gasteiger partial charge >= 0.3 is 0 Å². The Bertz CT molecular complexity index is 108. The van der Waals surface area contributed by atoms with Crippen molar-refractivity contribution in [2.45, 2.75) is 33.1 Å². The number of carbonyl (C=O) groups excluding carboxylic acids is 2. The van der Waals surface area contributed by atoms with Crippen molar-refractivity contribution in [3.8, 4) is 0 Å². The second-order valence-corrected chi connectivity index (χ2v) is 2.95. The van der Waals surface area contributed by atoms with Crippen LogP contribution >= 0.6 is 0 Å². The summed E-state index contributed by atoms with van der Waals surface area (Å²) in [6, 6.07) is 0. The highest BCUT2D eigenvalue weighted by Crippen LogP contribution is 2.25. The highest BCUT2D eigenvalue weighted by molar-refractivity contribution is 5.56. The second-order valence-electron chi connectivity index (χ2n) is 2.95. The summed E-state index contributed by atoms with van der Waals surface area (Å²) in [4.78, 5) is 20.5. The zero-order valence-electron chi connectivity index (χ0n) is 5.95. The van der Waals surface area contributed by atoms with E-state index in [-0.39, 0.29) is 19.3 Å². The van der Waals surface area contributed by atoms with Gasteiger partial charge in [-0.05, 0) is 25.7 Å². The van der Waals surface area contributed by atoms with E-state index in [2.05, 4.69) is 0 Å². The lowest BCUT2D eigenvalue weighted by Gasteiger charge is -2.20. The van der Waals surface area contributed by atoms with Gasteiger partial charge in [-0.25, -0.2) is 0 Å². The van der Waals surface area contributed by atoms with Gasteiger partial charge in [0.1, 0.15) is 12.6 Å². The van der Waals surface area contributed by atoms with Crippen molar-refractivity contribution in [1.82, 2.24) is 0 Å². The first kappa shape index (κ1) is 10.3. The van der Waals surface area contributed by atoms with E-state index in [9.17, 15) is 9.59 Å². The molecule has 2 heteroatoms. The fraction of sp³-hybridized carbons (Fsp3) is 0.778. The van der Waals surface area contributed by atoms with Crippen LogP contribution in [0.1, 0.15) is 33.1 Å². The molecule has 0 aliphatic heterocycles. The number of hydrogen-bond donors (Lipinski definition) is 0. The smallest absolute Gasteiger partial charge is 0.123 e. The molecule has 0 heterocycles. The second kappa shape index (κ2) is 5.05. The Labute approximate surface area is 68.0 Å². The summed E-state index contributed by atoms with van der Waals surface area (Å²) in [5.74, 6) is 0.465. The van der Waals surface area contributed by atoms with Gasteiger partial charge in [0.05, 0.1) is 0 Å². The lowest BCUT2D eigenvalue weighted by atomic mass is 9.84. The van der Waals surface area contributed by atoms with E-state index in [0.717, 1.165) is 38.3 Å². The van der Waals surface area contributed by atoms with Crippen molar-refractivity contribution in [3.05, 3.63) is 0 Å². The average molecular weight is 156 g/mol. The fourth-order valence-electron chi connectivity index (χ4n) is 1.42. The van der Waals surface area contributed by atoms with Crippen molar-refractivity contribution >= 4 is 12.6 Å². The molecule has 64 valence electrons. The first-order valence-corrected chi connectivity index (χ1v) is 3.77. The van der Waals surface area contributed by atoms with Crippen LogP contribution in [0.15, 0.2) is 0 Å². The molecule has 1 aliphatic carbocycles. The first-order chi connectivity index (χ1) is 4.86. The van der Waals surface area contributed by atoms with Gasteiger partial charge < -0.3 is 9.59 Å². The number of hydrogen-bond acceptors (Lipinski definition) is 2. The highest BCUT2D eigenvalue weighted by Gasteiger charge is 2.19. The quantitative estimate of drug-likeness (QED) is 0.571. The van der Waals surface area contributed by atoms with E-state index >= 15 is 0 Å². The topological polar surface area (TPSA) is 34.1 Å². The van der Waals surface area contributed by atoms with Crippen molar-refractivity contribution in [3.63, 3.8) is 0 Å². The Morgan fingerprint density at radius 2 is 1.09 bits per heavy atom. The van der Waals surface area contributed by atoms with Gasteiger partial charge in [-0.1, -0.05) is 7.43 Å². The Hall–Kier alpha value is -0.660. The van der Waals surface area contributed by atoms with Gasteiger partial charge in [0.2, 0.25) is 0 Å². The van der Waals surface area contributed by atoms with Gasteiger partial charge in [0, 0.05) is 11.8 Å². The van der Waals surface area contributed by atoms with Crippen molar-refractivity contribution in [1.29, 1.82) is 0 Å².